The van der Waals surface area contributed by atoms with Crippen molar-refractivity contribution in [3.8, 4) is 5.75 Å². The second kappa shape index (κ2) is 5.79. The maximum absolute atomic E-state index is 11.9. The highest BCUT2D eigenvalue weighted by atomic mass is 16.6. The van der Waals surface area contributed by atoms with Gasteiger partial charge in [0.15, 0.2) is 0 Å². The molecule has 0 aromatic heterocycles. The molecule has 1 N–H and O–H groups in total. The Morgan fingerprint density at radius 3 is 2.26 bits per heavy atom. The standard InChI is InChI=1S/C12H11N5O6/c1-15-10(19)9(11(20)16(2)12(15)21)14-13-7-5-6(17(22)23)3-4-8(7)18/h3-5,9,18H,1-2H3. The lowest BCUT2D eigenvalue weighted by molar-refractivity contribution is -0.384. The first kappa shape index (κ1) is 16.0. The molecular formula is C12H11N5O6. The molecule has 1 aromatic rings. The average molecular weight is 321 g/mol. The smallest absolute Gasteiger partial charge is 0.333 e. The van der Waals surface area contributed by atoms with E-state index in [0.717, 1.165) is 18.2 Å². The minimum atomic E-state index is -1.60. The topological polar surface area (TPSA) is 146 Å². The number of likely N-dealkylation sites (N-methyl/N-ethyl adjacent to an activating group) is 2. The zero-order valence-corrected chi connectivity index (χ0v) is 12.0. The van der Waals surface area contributed by atoms with Crippen molar-refractivity contribution in [2.75, 3.05) is 14.1 Å². The van der Waals surface area contributed by atoms with Crippen LogP contribution in [0.1, 0.15) is 0 Å². The Balaban J connectivity index is 2.34. The van der Waals surface area contributed by atoms with Gasteiger partial charge in [0, 0.05) is 26.2 Å². The lowest BCUT2D eigenvalue weighted by Crippen LogP contribution is -2.58. The molecule has 0 saturated carbocycles. The van der Waals surface area contributed by atoms with Crippen LogP contribution in [0.4, 0.5) is 16.2 Å². The van der Waals surface area contributed by atoms with E-state index in [1.807, 2.05) is 0 Å². The summed E-state index contributed by atoms with van der Waals surface area (Å²) in [6, 6.07) is 0.644. The summed E-state index contributed by atoms with van der Waals surface area (Å²) in [4.78, 5) is 46.8. The van der Waals surface area contributed by atoms with Crippen LogP contribution < -0.4 is 0 Å². The second-order valence-electron chi connectivity index (χ2n) is 4.63. The Morgan fingerprint density at radius 2 is 1.74 bits per heavy atom. The summed E-state index contributed by atoms with van der Waals surface area (Å²) in [7, 11) is 2.36. The number of non-ortho nitro benzene ring substituents is 1. The van der Waals surface area contributed by atoms with Crippen LogP contribution in [0.15, 0.2) is 28.4 Å². The number of carbonyl (C=O) groups excluding carboxylic acids is 3. The van der Waals surface area contributed by atoms with Crippen molar-refractivity contribution in [3.05, 3.63) is 28.3 Å². The largest absolute Gasteiger partial charge is 0.506 e. The summed E-state index contributed by atoms with van der Waals surface area (Å²) in [6.45, 7) is 0. The van der Waals surface area contributed by atoms with Crippen LogP contribution in [0.5, 0.6) is 5.75 Å². The minimum Gasteiger partial charge on any atom is -0.506 e. The van der Waals surface area contributed by atoms with Gasteiger partial charge in [-0.2, -0.15) is 10.2 Å². The normalized spacial score (nSPS) is 16.5. The van der Waals surface area contributed by atoms with Gasteiger partial charge in [-0.1, -0.05) is 0 Å². The van der Waals surface area contributed by atoms with Crippen LogP contribution in [-0.2, 0) is 9.59 Å². The third-order valence-electron chi connectivity index (χ3n) is 3.15. The number of rotatable bonds is 3. The Bertz CT molecular complexity index is 721. The molecule has 0 bridgehead atoms. The number of barbiturate groups is 1. The molecule has 11 heteroatoms. The number of phenols is 1. The number of azo groups is 1. The van der Waals surface area contributed by atoms with Gasteiger partial charge < -0.3 is 5.11 Å². The summed E-state index contributed by atoms with van der Waals surface area (Å²) in [5.74, 6) is -2.17. The Morgan fingerprint density at radius 1 is 1.17 bits per heavy atom. The van der Waals surface area contributed by atoms with E-state index in [2.05, 4.69) is 10.2 Å². The van der Waals surface area contributed by atoms with Gasteiger partial charge in [0.2, 0.25) is 6.04 Å². The number of carbonyl (C=O) groups is 3. The molecule has 1 aliphatic rings. The monoisotopic (exact) mass is 321 g/mol. The van der Waals surface area contributed by atoms with Gasteiger partial charge in [-0.3, -0.25) is 29.5 Å². The van der Waals surface area contributed by atoms with Crippen molar-refractivity contribution in [1.29, 1.82) is 0 Å². The molecule has 0 atom stereocenters. The molecule has 0 unspecified atom stereocenters. The predicted octanol–water partition coefficient (Wildman–Crippen LogP) is 0.803. The molecule has 4 amide bonds. The van der Waals surface area contributed by atoms with Crippen LogP contribution in [-0.4, -0.2) is 57.8 Å². The van der Waals surface area contributed by atoms with Gasteiger partial charge in [-0.15, -0.1) is 0 Å². The van der Waals surface area contributed by atoms with Crippen LogP contribution in [0.3, 0.4) is 0 Å². The van der Waals surface area contributed by atoms with E-state index >= 15 is 0 Å². The summed E-state index contributed by atoms with van der Waals surface area (Å²) in [5.41, 5.74) is -0.621. The Kier molecular flexibility index (Phi) is 4.03. The molecule has 0 spiro atoms. The number of phenolic OH excluding ortho intramolecular Hbond substituents is 1. The molecule has 120 valence electrons. The lowest BCUT2D eigenvalue weighted by atomic mass is 10.2. The highest BCUT2D eigenvalue weighted by molar-refractivity contribution is 6.18. The van der Waals surface area contributed by atoms with Crippen molar-refractivity contribution in [2.24, 2.45) is 10.2 Å². The summed E-state index contributed by atoms with van der Waals surface area (Å²) in [5, 5.41) is 27.3. The van der Waals surface area contributed by atoms with E-state index in [-0.39, 0.29) is 11.4 Å². The second-order valence-corrected chi connectivity index (χ2v) is 4.63. The number of nitro benzene ring substituents is 1. The average Bonchev–Trinajstić information content (AvgIpc) is 2.52. The predicted molar refractivity (Wildman–Crippen MR) is 74.0 cm³/mol. The van der Waals surface area contributed by atoms with E-state index in [1.54, 1.807) is 0 Å². The molecule has 0 aliphatic carbocycles. The maximum Gasteiger partial charge on any atom is 0.333 e. The van der Waals surface area contributed by atoms with Gasteiger partial charge in [0.25, 0.3) is 17.5 Å². The molecule has 1 aliphatic heterocycles. The summed E-state index contributed by atoms with van der Waals surface area (Å²) >= 11 is 0. The highest BCUT2D eigenvalue weighted by Gasteiger charge is 2.42. The van der Waals surface area contributed by atoms with Gasteiger partial charge in [-0.25, -0.2) is 4.79 Å². The molecule has 1 aromatic carbocycles. The molecule has 1 fully saturated rings. The number of hydrogen-bond donors (Lipinski definition) is 1. The number of amides is 4. The zero-order valence-electron chi connectivity index (χ0n) is 12.0. The number of imide groups is 2. The number of nitro groups is 1. The SMILES string of the molecule is CN1C(=O)C(N=Nc2cc([N+](=O)[O-])ccc2O)C(=O)N(C)C1=O. The zero-order chi connectivity index (χ0) is 17.3. The molecule has 1 heterocycles. The molecular weight excluding hydrogens is 310 g/mol. The molecule has 1 saturated heterocycles. The van der Waals surface area contributed by atoms with Crippen molar-refractivity contribution < 1.29 is 24.4 Å². The van der Waals surface area contributed by atoms with Crippen molar-refractivity contribution in [3.63, 3.8) is 0 Å². The van der Waals surface area contributed by atoms with Crippen LogP contribution in [0.2, 0.25) is 0 Å². The molecule has 0 radical (unpaired) electrons. The Hall–Kier alpha value is -3.37. The fourth-order valence-corrected chi connectivity index (χ4v) is 1.81. The van der Waals surface area contributed by atoms with E-state index in [9.17, 15) is 29.6 Å². The highest BCUT2D eigenvalue weighted by Crippen LogP contribution is 2.31. The van der Waals surface area contributed by atoms with Crippen molar-refractivity contribution in [2.45, 2.75) is 6.04 Å². The first-order valence-corrected chi connectivity index (χ1v) is 6.21. The lowest BCUT2D eigenvalue weighted by Gasteiger charge is -2.30. The van der Waals surface area contributed by atoms with Crippen molar-refractivity contribution >= 4 is 29.2 Å². The molecule has 11 nitrogen and oxygen atoms in total. The minimum absolute atomic E-state index is 0.276. The number of urea groups is 1. The van der Waals surface area contributed by atoms with E-state index in [0.29, 0.717) is 9.80 Å². The number of aromatic hydroxyl groups is 1. The quantitative estimate of drug-likeness (QED) is 0.377. The fourth-order valence-electron chi connectivity index (χ4n) is 1.81. The maximum atomic E-state index is 11.9. The Labute approximate surface area is 129 Å². The first-order chi connectivity index (χ1) is 10.7. The van der Waals surface area contributed by atoms with Gasteiger partial charge >= 0.3 is 6.03 Å². The molecule has 2 rings (SSSR count). The summed E-state index contributed by atoms with van der Waals surface area (Å²) < 4.78 is 0. The fraction of sp³-hybridized carbons (Fsp3) is 0.250. The van der Waals surface area contributed by atoms with Crippen molar-refractivity contribution in [1.82, 2.24) is 9.80 Å². The van der Waals surface area contributed by atoms with Crippen LogP contribution in [0, 0.1) is 10.1 Å². The van der Waals surface area contributed by atoms with Gasteiger partial charge in [0.05, 0.1) is 4.92 Å². The van der Waals surface area contributed by atoms with E-state index in [1.165, 1.54) is 14.1 Å². The van der Waals surface area contributed by atoms with Crippen LogP contribution >= 0.6 is 0 Å². The van der Waals surface area contributed by atoms with Gasteiger partial charge in [-0.05, 0) is 6.07 Å². The van der Waals surface area contributed by atoms with Crippen LogP contribution in [0.25, 0.3) is 0 Å². The number of benzene rings is 1. The number of nitrogens with zero attached hydrogens (tertiary/aromatic N) is 5. The van der Waals surface area contributed by atoms with Gasteiger partial charge in [0.1, 0.15) is 11.4 Å². The molecule has 23 heavy (non-hydrogen) atoms. The number of hydrogen-bond acceptors (Lipinski definition) is 8. The third kappa shape index (κ3) is 2.84. The third-order valence-corrected chi connectivity index (χ3v) is 3.15. The van der Waals surface area contributed by atoms with E-state index in [4.69, 9.17) is 0 Å². The first-order valence-electron chi connectivity index (χ1n) is 6.21. The summed E-state index contributed by atoms with van der Waals surface area (Å²) in [6.07, 6.45) is 0. The van der Waals surface area contributed by atoms with E-state index < -0.39 is 34.6 Å².